The summed E-state index contributed by atoms with van der Waals surface area (Å²) in [6.45, 7) is 2.39. The van der Waals surface area contributed by atoms with Gasteiger partial charge in [-0.25, -0.2) is 0 Å². The van der Waals surface area contributed by atoms with Crippen LogP contribution in [0.2, 0.25) is 5.02 Å². The number of halogens is 2. The summed E-state index contributed by atoms with van der Waals surface area (Å²) in [5.41, 5.74) is 0.828. The zero-order valence-electron chi connectivity index (χ0n) is 13.0. The smallest absolute Gasteiger partial charge is 0.306 e. The number of likely N-dealkylation sites (tertiary alicyclic amines) is 1. The van der Waals surface area contributed by atoms with Crippen LogP contribution in [0.5, 0.6) is 0 Å². The summed E-state index contributed by atoms with van der Waals surface area (Å²) in [6.07, 6.45) is 2.06. The first kappa shape index (κ1) is 18.7. The van der Waals surface area contributed by atoms with Crippen LogP contribution in [0.1, 0.15) is 18.7 Å². The van der Waals surface area contributed by atoms with Crippen LogP contribution in [-0.4, -0.2) is 45.8 Å². The second-order valence-electron chi connectivity index (χ2n) is 5.73. The average Bonchev–Trinajstić information content (AvgIpc) is 3.02. The van der Waals surface area contributed by atoms with E-state index in [2.05, 4.69) is 15.0 Å². The van der Waals surface area contributed by atoms with Gasteiger partial charge in [0.25, 0.3) is 0 Å². The van der Waals surface area contributed by atoms with Crippen molar-refractivity contribution in [2.45, 2.75) is 19.3 Å². The van der Waals surface area contributed by atoms with Crippen LogP contribution < -0.4 is 0 Å². The number of carboxylic acid groups (broad SMARTS) is 1. The van der Waals surface area contributed by atoms with E-state index in [-0.39, 0.29) is 18.3 Å². The summed E-state index contributed by atoms with van der Waals surface area (Å²) in [5.74, 6) is 0.226. The van der Waals surface area contributed by atoms with Crippen molar-refractivity contribution in [3.8, 4) is 11.4 Å². The van der Waals surface area contributed by atoms with Crippen LogP contribution in [0.3, 0.4) is 0 Å². The van der Waals surface area contributed by atoms with Crippen molar-refractivity contribution in [3.63, 3.8) is 0 Å². The molecule has 2 aromatic rings. The molecule has 1 N–H and O–H groups in total. The minimum absolute atomic E-state index is 0. The number of carboxylic acids is 1. The summed E-state index contributed by atoms with van der Waals surface area (Å²) in [5, 5.41) is 13.6. The number of piperidine rings is 1. The molecule has 0 aliphatic carbocycles. The first-order chi connectivity index (χ1) is 11.1. The Bertz CT molecular complexity index is 685. The van der Waals surface area contributed by atoms with Gasteiger partial charge < -0.3 is 14.5 Å². The minimum Gasteiger partial charge on any atom is -0.481 e. The summed E-state index contributed by atoms with van der Waals surface area (Å²) >= 11 is 5.96. The quantitative estimate of drug-likeness (QED) is 0.869. The van der Waals surface area contributed by atoms with Crippen LogP contribution in [0.15, 0.2) is 28.8 Å². The van der Waals surface area contributed by atoms with Gasteiger partial charge in [0.2, 0.25) is 11.7 Å². The molecule has 3 rings (SSSR count). The predicted molar refractivity (Wildman–Crippen MR) is 92.5 cm³/mol. The SMILES string of the molecule is Cl.O=C(O)C1CCN(CCc2nc(-c3cccc(Cl)c3)no2)CC1. The number of nitrogens with zero attached hydrogens (tertiary/aromatic N) is 3. The van der Waals surface area contributed by atoms with Crippen molar-refractivity contribution in [1.29, 1.82) is 0 Å². The highest BCUT2D eigenvalue weighted by molar-refractivity contribution is 6.30. The number of benzene rings is 1. The molecule has 1 fully saturated rings. The van der Waals surface area contributed by atoms with Crippen LogP contribution in [0, 0.1) is 5.92 Å². The summed E-state index contributed by atoms with van der Waals surface area (Å²) < 4.78 is 5.28. The van der Waals surface area contributed by atoms with E-state index in [1.54, 1.807) is 12.1 Å². The molecule has 1 aromatic heterocycles. The third kappa shape index (κ3) is 4.69. The molecule has 130 valence electrons. The van der Waals surface area contributed by atoms with Crippen LogP contribution in [-0.2, 0) is 11.2 Å². The zero-order valence-corrected chi connectivity index (χ0v) is 14.6. The van der Waals surface area contributed by atoms with E-state index in [0.717, 1.165) is 25.2 Å². The van der Waals surface area contributed by atoms with Crippen LogP contribution in [0.25, 0.3) is 11.4 Å². The van der Waals surface area contributed by atoms with E-state index < -0.39 is 5.97 Å². The number of aromatic nitrogens is 2. The topological polar surface area (TPSA) is 79.5 Å². The molecular weight excluding hydrogens is 353 g/mol. The van der Waals surface area contributed by atoms with Crippen molar-refractivity contribution in [3.05, 3.63) is 35.2 Å². The van der Waals surface area contributed by atoms with Gasteiger partial charge in [0, 0.05) is 23.6 Å². The highest BCUT2D eigenvalue weighted by atomic mass is 35.5. The molecule has 24 heavy (non-hydrogen) atoms. The van der Waals surface area contributed by atoms with Crippen molar-refractivity contribution < 1.29 is 14.4 Å². The van der Waals surface area contributed by atoms with E-state index in [9.17, 15) is 4.79 Å². The zero-order chi connectivity index (χ0) is 16.2. The Kier molecular flexibility index (Phi) is 6.60. The van der Waals surface area contributed by atoms with Crippen molar-refractivity contribution in [2.75, 3.05) is 19.6 Å². The van der Waals surface area contributed by atoms with Gasteiger partial charge in [-0.1, -0.05) is 28.9 Å². The molecule has 0 atom stereocenters. The molecule has 1 saturated heterocycles. The molecule has 1 aliphatic rings. The Morgan fingerprint density at radius 2 is 2.12 bits per heavy atom. The van der Waals surface area contributed by atoms with E-state index in [1.165, 1.54) is 0 Å². The summed E-state index contributed by atoms with van der Waals surface area (Å²) in [7, 11) is 0. The normalized spacial score (nSPS) is 15.9. The summed E-state index contributed by atoms with van der Waals surface area (Å²) in [6, 6.07) is 7.33. The van der Waals surface area contributed by atoms with Gasteiger partial charge in [0.15, 0.2) is 0 Å². The van der Waals surface area contributed by atoms with Crippen molar-refractivity contribution >= 4 is 30.0 Å². The molecule has 0 saturated carbocycles. The lowest BCUT2D eigenvalue weighted by molar-refractivity contribution is -0.143. The van der Waals surface area contributed by atoms with E-state index in [0.29, 0.717) is 36.0 Å². The first-order valence-electron chi connectivity index (χ1n) is 7.65. The van der Waals surface area contributed by atoms with E-state index >= 15 is 0 Å². The van der Waals surface area contributed by atoms with Gasteiger partial charge in [-0.3, -0.25) is 4.79 Å². The highest BCUT2D eigenvalue weighted by Crippen LogP contribution is 2.21. The number of aliphatic carboxylic acids is 1. The average molecular weight is 372 g/mol. The fourth-order valence-electron chi connectivity index (χ4n) is 2.76. The second kappa shape index (κ2) is 8.46. The van der Waals surface area contributed by atoms with Crippen molar-refractivity contribution in [2.24, 2.45) is 5.92 Å². The monoisotopic (exact) mass is 371 g/mol. The lowest BCUT2D eigenvalue weighted by atomic mass is 9.97. The fraction of sp³-hybridized carbons (Fsp3) is 0.438. The molecule has 1 aromatic carbocycles. The van der Waals surface area contributed by atoms with Gasteiger partial charge in [-0.2, -0.15) is 4.98 Å². The third-order valence-electron chi connectivity index (χ3n) is 4.13. The van der Waals surface area contributed by atoms with Crippen LogP contribution >= 0.6 is 24.0 Å². The lowest BCUT2D eigenvalue weighted by Gasteiger charge is -2.29. The maximum absolute atomic E-state index is 10.9. The Labute approximate surface area is 151 Å². The first-order valence-corrected chi connectivity index (χ1v) is 8.03. The molecule has 1 aliphatic heterocycles. The summed E-state index contributed by atoms with van der Waals surface area (Å²) in [4.78, 5) is 17.6. The Balaban J connectivity index is 0.00000208. The number of carbonyl (C=O) groups is 1. The standard InChI is InChI=1S/C16H18ClN3O3.ClH/c17-13-3-1-2-12(10-13)15-18-14(23-19-15)6-9-20-7-4-11(5-8-20)16(21)22;/h1-3,10-11H,4-9H2,(H,21,22);1H. The van der Waals surface area contributed by atoms with Crippen molar-refractivity contribution in [1.82, 2.24) is 15.0 Å². The largest absolute Gasteiger partial charge is 0.481 e. The number of rotatable bonds is 5. The molecule has 0 bridgehead atoms. The molecule has 6 nitrogen and oxygen atoms in total. The van der Waals surface area contributed by atoms with Crippen LogP contribution in [0.4, 0.5) is 0 Å². The highest BCUT2D eigenvalue weighted by Gasteiger charge is 2.24. The Morgan fingerprint density at radius 1 is 1.38 bits per heavy atom. The molecular formula is C16H19Cl2N3O3. The maximum atomic E-state index is 10.9. The van der Waals surface area contributed by atoms with Gasteiger partial charge in [-0.15, -0.1) is 12.4 Å². The van der Waals surface area contributed by atoms with Gasteiger partial charge in [0.05, 0.1) is 5.92 Å². The number of hydrogen-bond acceptors (Lipinski definition) is 5. The number of hydrogen-bond donors (Lipinski definition) is 1. The van der Waals surface area contributed by atoms with E-state index in [4.69, 9.17) is 21.2 Å². The van der Waals surface area contributed by atoms with Gasteiger partial charge >= 0.3 is 5.97 Å². The molecule has 0 unspecified atom stereocenters. The maximum Gasteiger partial charge on any atom is 0.306 e. The third-order valence-corrected chi connectivity index (χ3v) is 4.36. The minimum atomic E-state index is -0.687. The lowest BCUT2D eigenvalue weighted by Crippen LogP contribution is -2.37. The Hall–Kier alpha value is -1.63. The molecule has 0 radical (unpaired) electrons. The molecule has 0 amide bonds. The molecule has 8 heteroatoms. The second-order valence-corrected chi connectivity index (χ2v) is 6.16. The predicted octanol–water partition coefficient (Wildman–Crippen LogP) is 3.15. The van der Waals surface area contributed by atoms with Gasteiger partial charge in [-0.05, 0) is 38.1 Å². The van der Waals surface area contributed by atoms with Gasteiger partial charge in [0.1, 0.15) is 0 Å². The fourth-order valence-corrected chi connectivity index (χ4v) is 2.95. The Morgan fingerprint density at radius 3 is 2.79 bits per heavy atom. The molecule has 0 spiro atoms. The molecule has 2 heterocycles. The van der Waals surface area contributed by atoms with E-state index in [1.807, 2.05) is 12.1 Å².